The van der Waals surface area contributed by atoms with Crippen LogP contribution in [0.3, 0.4) is 0 Å². The van der Waals surface area contributed by atoms with Crippen molar-refractivity contribution in [3.8, 4) is 0 Å². The summed E-state index contributed by atoms with van der Waals surface area (Å²) >= 11 is 0. The van der Waals surface area contributed by atoms with Crippen molar-refractivity contribution in [1.29, 1.82) is 0 Å². The summed E-state index contributed by atoms with van der Waals surface area (Å²) in [6, 6.07) is 0.445. The Bertz CT molecular complexity index is 669. The standard InChI is InChI=1S/C17H24N4O2/c1-11-10-18-14(4)21(11)15-5-7-20(8-6-15)17(22)9-16-12(2)19-23-13(16)3/h10,15H,5-9H2,1-4H3. The van der Waals surface area contributed by atoms with Crippen molar-refractivity contribution >= 4 is 5.91 Å². The molecule has 2 aromatic rings. The third-order valence-corrected chi connectivity index (χ3v) is 4.86. The fraction of sp³-hybridized carbons (Fsp3) is 0.588. The predicted molar refractivity (Wildman–Crippen MR) is 86.2 cm³/mol. The van der Waals surface area contributed by atoms with Crippen LogP contribution in [0.2, 0.25) is 0 Å². The summed E-state index contributed by atoms with van der Waals surface area (Å²) in [6.07, 6.45) is 4.26. The minimum Gasteiger partial charge on any atom is -0.361 e. The molecule has 3 rings (SSSR count). The summed E-state index contributed by atoms with van der Waals surface area (Å²) in [7, 11) is 0. The van der Waals surface area contributed by atoms with Gasteiger partial charge in [0.1, 0.15) is 11.6 Å². The van der Waals surface area contributed by atoms with Crippen LogP contribution in [0.5, 0.6) is 0 Å². The molecule has 0 unspecified atom stereocenters. The molecule has 0 saturated carbocycles. The first-order valence-electron chi connectivity index (χ1n) is 8.17. The Labute approximate surface area is 136 Å². The van der Waals surface area contributed by atoms with Gasteiger partial charge in [-0.25, -0.2) is 4.98 Å². The molecule has 1 amide bonds. The second kappa shape index (κ2) is 6.18. The third-order valence-electron chi connectivity index (χ3n) is 4.86. The third kappa shape index (κ3) is 3.02. The number of hydrogen-bond donors (Lipinski definition) is 0. The summed E-state index contributed by atoms with van der Waals surface area (Å²) in [5.74, 6) is 1.97. The molecule has 6 heteroatoms. The molecule has 3 heterocycles. The van der Waals surface area contributed by atoms with Gasteiger partial charge in [0.2, 0.25) is 5.91 Å². The van der Waals surface area contributed by atoms with Gasteiger partial charge >= 0.3 is 0 Å². The van der Waals surface area contributed by atoms with Crippen molar-refractivity contribution in [2.24, 2.45) is 0 Å². The molecule has 124 valence electrons. The smallest absolute Gasteiger partial charge is 0.227 e. The van der Waals surface area contributed by atoms with E-state index in [1.807, 2.05) is 31.9 Å². The average Bonchev–Trinajstić information content (AvgIpc) is 3.03. The Morgan fingerprint density at radius 3 is 2.48 bits per heavy atom. The van der Waals surface area contributed by atoms with Gasteiger partial charge in [0.15, 0.2) is 0 Å². The molecule has 6 nitrogen and oxygen atoms in total. The lowest BCUT2D eigenvalue weighted by atomic mass is 10.0. The molecule has 0 radical (unpaired) electrons. The van der Waals surface area contributed by atoms with Crippen LogP contribution in [0, 0.1) is 27.7 Å². The molecule has 1 fully saturated rings. The maximum atomic E-state index is 12.5. The number of hydrogen-bond acceptors (Lipinski definition) is 4. The summed E-state index contributed by atoms with van der Waals surface area (Å²) in [5, 5.41) is 3.92. The lowest BCUT2D eigenvalue weighted by Crippen LogP contribution is -2.40. The van der Waals surface area contributed by atoms with Gasteiger partial charge in [0.05, 0.1) is 12.1 Å². The van der Waals surface area contributed by atoms with Crippen LogP contribution in [0.25, 0.3) is 0 Å². The number of aryl methyl sites for hydroxylation is 4. The van der Waals surface area contributed by atoms with Crippen molar-refractivity contribution in [2.45, 2.75) is 53.0 Å². The van der Waals surface area contributed by atoms with Crippen molar-refractivity contribution in [1.82, 2.24) is 19.6 Å². The lowest BCUT2D eigenvalue weighted by molar-refractivity contribution is -0.131. The first-order valence-corrected chi connectivity index (χ1v) is 8.17. The number of likely N-dealkylation sites (tertiary alicyclic amines) is 1. The molecule has 0 atom stereocenters. The van der Waals surface area contributed by atoms with Gasteiger partial charge in [-0.15, -0.1) is 0 Å². The van der Waals surface area contributed by atoms with Crippen LogP contribution in [0.4, 0.5) is 0 Å². The molecular formula is C17H24N4O2. The van der Waals surface area contributed by atoms with Gasteiger partial charge in [-0.2, -0.15) is 0 Å². The first-order chi connectivity index (χ1) is 11.0. The van der Waals surface area contributed by atoms with E-state index in [2.05, 4.69) is 21.6 Å². The molecule has 0 bridgehead atoms. The second-order valence-corrected chi connectivity index (χ2v) is 6.41. The molecule has 23 heavy (non-hydrogen) atoms. The monoisotopic (exact) mass is 316 g/mol. The van der Waals surface area contributed by atoms with Crippen LogP contribution in [-0.4, -0.2) is 38.6 Å². The Morgan fingerprint density at radius 2 is 1.96 bits per heavy atom. The van der Waals surface area contributed by atoms with Crippen LogP contribution in [-0.2, 0) is 11.2 Å². The van der Waals surface area contributed by atoms with E-state index < -0.39 is 0 Å². The molecule has 1 aliphatic heterocycles. The largest absolute Gasteiger partial charge is 0.361 e. The lowest BCUT2D eigenvalue weighted by Gasteiger charge is -2.33. The Kier molecular flexibility index (Phi) is 4.24. The molecule has 2 aromatic heterocycles. The van der Waals surface area contributed by atoms with Gasteiger partial charge in [0, 0.05) is 36.6 Å². The number of aromatic nitrogens is 3. The molecule has 0 N–H and O–H groups in total. The Morgan fingerprint density at radius 1 is 1.26 bits per heavy atom. The van der Waals surface area contributed by atoms with Crippen molar-refractivity contribution in [2.75, 3.05) is 13.1 Å². The average molecular weight is 316 g/mol. The summed E-state index contributed by atoms with van der Waals surface area (Å²) in [5.41, 5.74) is 2.94. The molecule has 0 spiro atoms. The van der Waals surface area contributed by atoms with E-state index in [4.69, 9.17) is 4.52 Å². The van der Waals surface area contributed by atoms with Gasteiger partial charge in [-0.3, -0.25) is 4.79 Å². The van der Waals surface area contributed by atoms with Crippen LogP contribution in [0.15, 0.2) is 10.7 Å². The minimum absolute atomic E-state index is 0.164. The van der Waals surface area contributed by atoms with E-state index in [0.717, 1.165) is 48.8 Å². The van der Waals surface area contributed by atoms with Gasteiger partial charge in [0.25, 0.3) is 0 Å². The van der Waals surface area contributed by atoms with E-state index in [-0.39, 0.29) is 5.91 Å². The highest BCUT2D eigenvalue weighted by molar-refractivity contribution is 5.79. The summed E-state index contributed by atoms with van der Waals surface area (Å²) < 4.78 is 7.45. The summed E-state index contributed by atoms with van der Waals surface area (Å²) in [4.78, 5) is 18.9. The number of carbonyl (C=O) groups excluding carboxylic acids is 1. The van der Waals surface area contributed by atoms with E-state index in [1.165, 1.54) is 5.69 Å². The highest BCUT2D eigenvalue weighted by Gasteiger charge is 2.26. The van der Waals surface area contributed by atoms with Crippen LogP contribution < -0.4 is 0 Å². The molecule has 0 aliphatic carbocycles. The predicted octanol–water partition coefficient (Wildman–Crippen LogP) is 2.51. The number of rotatable bonds is 3. The van der Waals surface area contributed by atoms with E-state index in [0.29, 0.717) is 12.5 Å². The SMILES string of the molecule is Cc1noc(C)c1CC(=O)N1CCC(n2c(C)cnc2C)CC1. The first kappa shape index (κ1) is 15.8. The van der Waals surface area contributed by atoms with E-state index in [1.54, 1.807) is 0 Å². The van der Waals surface area contributed by atoms with Gasteiger partial charge in [-0.1, -0.05) is 5.16 Å². The number of carbonyl (C=O) groups is 1. The zero-order valence-corrected chi connectivity index (χ0v) is 14.3. The number of amides is 1. The zero-order chi connectivity index (χ0) is 16.6. The normalized spacial score (nSPS) is 16.1. The highest BCUT2D eigenvalue weighted by atomic mass is 16.5. The number of imidazole rings is 1. The van der Waals surface area contributed by atoms with E-state index >= 15 is 0 Å². The van der Waals surface area contributed by atoms with Gasteiger partial charge in [-0.05, 0) is 40.5 Å². The van der Waals surface area contributed by atoms with Crippen molar-refractivity contribution < 1.29 is 9.32 Å². The van der Waals surface area contributed by atoms with Crippen LogP contribution in [0.1, 0.15) is 47.4 Å². The van der Waals surface area contributed by atoms with Crippen molar-refractivity contribution in [3.63, 3.8) is 0 Å². The Hall–Kier alpha value is -2.11. The van der Waals surface area contributed by atoms with Gasteiger partial charge < -0.3 is 14.0 Å². The zero-order valence-electron chi connectivity index (χ0n) is 14.3. The molecule has 0 aromatic carbocycles. The topological polar surface area (TPSA) is 64.2 Å². The van der Waals surface area contributed by atoms with Crippen LogP contribution >= 0.6 is 0 Å². The summed E-state index contributed by atoms with van der Waals surface area (Å²) in [6.45, 7) is 9.47. The maximum Gasteiger partial charge on any atom is 0.227 e. The quantitative estimate of drug-likeness (QED) is 0.873. The molecular weight excluding hydrogens is 292 g/mol. The number of piperidine rings is 1. The Balaban J connectivity index is 1.62. The molecule has 1 aliphatic rings. The minimum atomic E-state index is 0.164. The fourth-order valence-corrected chi connectivity index (χ4v) is 3.51. The second-order valence-electron chi connectivity index (χ2n) is 6.41. The molecule has 1 saturated heterocycles. The fourth-order valence-electron chi connectivity index (χ4n) is 3.51. The van der Waals surface area contributed by atoms with Crippen molar-refractivity contribution in [3.05, 3.63) is 34.7 Å². The number of nitrogens with zero attached hydrogens (tertiary/aromatic N) is 4. The highest BCUT2D eigenvalue weighted by Crippen LogP contribution is 2.26. The maximum absolute atomic E-state index is 12.5. The van der Waals surface area contributed by atoms with E-state index in [9.17, 15) is 4.79 Å².